The molecule has 2 aliphatic rings. The molecule has 2 fully saturated rings. The summed E-state index contributed by atoms with van der Waals surface area (Å²) in [4.78, 5) is 2.54. The number of hydrogen-bond acceptors (Lipinski definition) is 3. The van der Waals surface area contributed by atoms with Crippen molar-refractivity contribution in [1.29, 1.82) is 0 Å². The third-order valence-electron chi connectivity index (χ3n) is 4.62. The molecule has 0 aromatic heterocycles. The van der Waals surface area contributed by atoms with Crippen molar-refractivity contribution in [2.45, 2.75) is 43.9 Å². The van der Waals surface area contributed by atoms with Gasteiger partial charge in [-0.3, -0.25) is 4.90 Å². The molecule has 2 N–H and O–H groups in total. The van der Waals surface area contributed by atoms with Crippen LogP contribution in [0.1, 0.15) is 31.2 Å². The van der Waals surface area contributed by atoms with Crippen molar-refractivity contribution in [2.24, 2.45) is 0 Å². The van der Waals surface area contributed by atoms with Crippen LogP contribution >= 0.6 is 0 Å². The van der Waals surface area contributed by atoms with Crippen LogP contribution in [0.4, 0.5) is 0 Å². The minimum Gasteiger partial charge on any atom is -0.393 e. The molecule has 104 valence electrons. The van der Waals surface area contributed by atoms with Crippen molar-refractivity contribution in [1.82, 2.24) is 10.2 Å². The molecule has 2 unspecified atom stereocenters. The average Bonchev–Trinajstić information content (AvgIpc) is 2.71. The lowest BCUT2D eigenvalue weighted by atomic mass is 9.92. The first kappa shape index (κ1) is 13.1. The number of hydrogen-bond donors (Lipinski definition) is 2. The number of rotatable bonds is 2. The van der Waals surface area contributed by atoms with Gasteiger partial charge in [-0.15, -0.1) is 0 Å². The smallest absolute Gasteiger partial charge is 0.0553 e. The lowest BCUT2D eigenvalue weighted by molar-refractivity contribution is 0.157. The summed E-state index contributed by atoms with van der Waals surface area (Å²) in [6, 6.07) is 10.7. The number of nitrogens with zero attached hydrogens (tertiary/aromatic N) is 1. The van der Waals surface area contributed by atoms with Crippen LogP contribution in [0.2, 0.25) is 0 Å². The maximum atomic E-state index is 9.78. The topological polar surface area (TPSA) is 35.5 Å². The van der Waals surface area contributed by atoms with Crippen molar-refractivity contribution < 1.29 is 5.11 Å². The van der Waals surface area contributed by atoms with Gasteiger partial charge in [0.15, 0.2) is 0 Å². The Morgan fingerprint density at radius 2 is 2.05 bits per heavy atom. The Morgan fingerprint density at radius 3 is 2.89 bits per heavy atom. The Morgan fingerprint density at radius 1 is 1.21 bits per heavy atom. The predicted octanol–water partition coefficient (Wildman–Crippen LogP) is 1.77. The number of benzene rings is 1. The molecule has 2 saturated heterocycles. The molecule has 2 aliphatic heterocycles. The standard InChI is InChI=1S/C16H24N2O/c19-15-6-8-16(17-10-7-15)9-11-18(13-16)12-14-4-2-1-3-5-14/h1-5,15,17,19H,6-13H2. The van der Waals surface area contributed by atoms with E-state index in [0.717, 1.165) is 45.4 Å². The van der Waals surface area contributed by atoms with Gasteiger partial charge in [0, 0.05) is 25.2 Å². The van der Waals surface area contributed by atoms with Crippen LogP contribution < -0.4 is 5.32 Å². The molecule has 2 heterocycles. The molecule has 1 aromatic carbocycles. The number of aliphatic hydroxyl groups excluding tert-OH is 1. The fraction of sp³-hybridized carbons (Fsp3) is 0.625. The van der Waals surface area contributed by atoms with Crippen LogP contribution in [0.25, 0.3) is 0 Å². The highest BCUT2D eigenvalue weighted by Crippen LogP contribution is 2.30. The molecule has 3 rings (SSSR count). The molecule has 0 aliphatic carbocycles. The third kappa shape index (κ3) is 3.16. The number of nitrogens with one attached hydrogen (secondary N) is 1. The van der Waals surface area contributed by atoms with Gasteiger partial charge in [-0.25, -0.2) is 0 Å². The summed E-state index contributed by atoms with van der Waals surface area (Å²) < 4.78 is 0. The molecule has 0 amide bonds. The van der Waals surface area contributed by atoms with E-state index in [9.17, 15) is 5.11 Å². The monoisotopic (exact) mass is 260 g/mol. The second-order valence-electron chi connectivity index (χ2n) is 6.13. The Balaban J connectivity index is 1.60. The van der Waals surface area contributed by atoms with Gasteiger partial charge in [-0.1, -0.05) is 30.3 Å². The Bertz CT molecular complexity index is 408. The first-order chi connectivity index (χ1) is 9.26. The van der Waals surface area contributed by atoms with Crippen molar-refractivity contribution in [3.8, 4) is 0 Å². The van der Waals surface area contributed by atoms with E-state index in [0.29, 0.717) is 0 Å². The van der Waals surface area contributed by atoms with Crippen LogP contribution in [0.3, 0.4) is 0 Å². The molecular formula is C16H24N2O. The predicted molar refractivity (Wildman–Crippen MR) is 76.9 cm³/mol. The normalized spacial score (nSPS) is 32.6. The van der Waals surface area contributed by atoms with E-state index < -0.39 is 0 Å². The zero-order valence-corrected chi connectivity index (χ0v) is 11.5. The summed E-state index contributed by atoms with van der Waals surface area (Å²) in [5, 5.41) is 13.5. The molecular weight excluding hydrogens is 236 g/mol. The summed E-state index contributed by atoms with van der Waals surface area (Å²) in [5.74, 6) is 0. The maximum absolute atomic E-state index is 9.78. The van der Waals surface area contributed by atoms with Crippen LogP contribution in [0.5, 0.6) is 0 Å². The van der Waals surface area contributed by atoms with E-state index in [1.54, 1.807) is 0 Å². The third-order valence-corrected chi connectivity index (χ3v) is 4.62. The summed E-state index contributed by atoms with van der Waals surface area (Å²) in [7, 11) is 0. The molecule has 2 atom stereocenters. The van der Waals surface area contributed by atoms with Crippen molar-refractivity contribution >= 4 is 0 Å². The van der Waals surface area contributed by atoms with Crippen molar-refractivity contribution in [2.75, 3.05) is 19.6 Å². The van der Waals surface area contributed by atoms with Gasteiger partial charge in [0.2, 0.25) is 0 Å². The fourth-order valence-corrected chi connectivity index (χ4v) is 3.46. The van der Waals surface area contributed by atoms with E-state index in [1.165, 1.54) is 12.0 Å². The summed E-state index contributed by atoms with van der Waals surface area (Å²) in [6.07, 6.45) is 4.08. The molecule has 1 spiro atoms. The lowest BCUT2D eigenvalue weighted by Gasteiger charge is -2.29. The van der Waals surface area contributed by atoms with Gasteiger partial charge in [0.25, 0.3) is 0 Å². The minimum absolute atomic E-state index is 0.102. The molecule has 3 heteroatoms. The second-order valence-corrected chi connectivity index (χ2v) is 6.13. The summed E-state index contributed by atoms with van der Waals surface area (Å²) in [6.45, 7) is 4.29. The Kier molecular flexibility index (Phi) is 3.87. The highest BCUT2D eigenvalue weighted by atomic mass is 16.3. The molecule has 0 bridgehead atoms. The van der Waals surface area contributed by atoms with E-state index in [4.69, 9.17) is 0 Å². The first-order valence-electron chi connectivity index (χ1n) is 7.45. The summed E-state index contributed by atoms with van der Waals surface area (Å²) in [5.41, 5.74) is 1.65. The van der Waals surface area contributed by atoms with Gasteiger partial charge >= 0.3 is 0 Å². The van der Waals surface area contributed by atoms with Gasteiger partial charge in [0.1, 0.15) is 0 Å². The highest BCUT2D eigenvalue weighted by Gasteiger charge is 2.38. The highest BCUT2D eigenvalue weighted by molar-refractivity contribution is 5.15. The Labute approximate surface area is 115 Å². The van der Waals surface area contributed by atoms with Crippen molar-refractivity contribution in [3.63, 3.8) is 0 Å². The van der Waals surface area contributed by atoms with Crippen LogP contribution in [0.15, 0.2) is 30.3 Å². The molecule has 3 nitrogen and oxygen atoms in total. The molecule has 0 radical (unpaired) electrons. The number of aliphatic hydroxyl groups is 1. The zero-order chi connectivity index (χ0) is 13.1. The maximum Gasteiger partial charge on any atom is 0.0553 e. The van der Waals surface area contributed by atoms with Crippen LogP contribution in [0, 0.1) is 0 Å². The van der Waals surface area contributed by atoms with Crippen LogP contribution in [-0.4, -0.2) is 41.3 Å². The first-order valence-corrected chi connectivity index (χ1v) is 7.45. The van der Waals surface area contributed by atoms with E-state index >= 15 is 0 Å². The second kappa shape index (κ2) is 5.61. The van der Waals surface area contributed by atoms with Crippen molar-refractivity contribution in [3.05, 3.63) is 35.9 Å². The van der Waals surface area contributed by atoms with Gasteiger partial charge < -0.3 is 10.4 Å². The minimum atomic E-state index is -0.102. The Hall–Kier alpha value is -0.900. The average molecular weight is 260 g/mol. The van der Waals surface area contributed by atoms with E-state index in [2.05, 4.69) is 40.5 Å². The molecule has 0 saturated carbocycles. The summed E-state index contributed by atoms with van der Waals surface area (Å²) >= 11 is 0. The van der Waals surface area contributed by atoms with Crippen LogP contribution in [-0.2, 0) is 6.54 Å². The quantitative estimate of drug-likeness (QED) is 0.850. The van der Waals surface area contributed by atoms with E-state index in [1.807, 2.05) is 0 Å². The van der Waals surface area contributed by atoms with E-state index in [-0.39, 0.29) is 11.6 Å². The van der Waals surface area contributed by atoms with Gasteiger partial charge in [-0.05, 0) is 37.8 Å². The molecule has 19 heavy (non-hydrogen) atoms. The fourth-order valence-electron chi connectivity index (χ4n) is 3.46. The van der Waals surface area contributed by atoms with Gasteiger partial charge in [0.05, 0.1) is 6.10 Å². The largest absolute Gasteiger partial charge is 0.393 e. The number of likely N-dealkylation sites (tertiary alicyclic amines) is 1. The van der Waals surface area contributed by atoms with Gasteiger partial charge in [-0.2, -0.15) is 0 Å². The molecule has 1 aromatic rings. The SMILES string of the molecule is OC1CCNC2(CC1)CCN(Cc1ccccc1)C2. The zero-order valence-electron chi connectivity index (χ0n) is 11.5. The lowest BCUT2D eigenvalue weighted by Crippen LogP contribution is -2.46.